The molecule has 1 aliphatic rings. The van der Waals surface area contributed by atoms with E-state index >= 15 is 0 Å². The third-order valence-electron chi connectivity index (χ3n) is 3.18. The average molecular weight is 317 g/mol. The van der Waals surface area contributed by atoms with Crippen molar-refractivity contribution in [3.63, 3.8) is 0 Å². The Morgan fingerprint density at radius 1 is 1.38 bits per heavy atom. The van der Waals surface area contributed by atoms with Crippen LogP contribution in [0.4, 0.5) is 5.69 Å². The third kappa shape index (κ3) is 2.33. The molecule has 2 aromatic rings. The summed E-state index contributed by atoms with van der Waals surface area (Å²) < 4.78 is 0. The number of para-hydroxylation sites is 1. The summed E-state index contributed by atoms with van der Waals surface area (Å²) in [5.41, 5.74) is 1.12. The van der Waals surface area contributed by atoms with Gasteiger partial charge in [-0.05, 0) is 24.3 Å². The van der Waals surface area contributed by atoms with Crippen LogP contribution in [-0.4, -0.2) is 16.9 Å². The number of carbonyl (C=O) groups excluding carboxylic acids is 1. The number of hydrogen-bond donors (Lipinski definition) is 1. The number of hydrogen-bond acceptors (Lipinski definition) is 4. The molecule has 0 bridgehead atoms. The van der Waals surface area contributed by atoms with Crippen LogP contribution in [0.3, 0.4) is 0 Å². The highest BCUT2D eigenvalue weighted by Gasteiger charge is 2.26. The zero-order valence-corrected chi connectivity index (χ0v) is 12.3. The predicted molar refractivity (Wildman–Crippen MR) is 81.8 cm³/mol. The Labute approximate surface area is 130 Å². The van der Waals surface area contributed by atoms with E-state index in [9.17, 15) is 9.90 Å². The van der Waals surface area contributed by atoms with Crippen LogP contribution in [0.1, 0.15) is 15.9 Å². The highest BCUT2D eigenvalue weighted by atomic mass is 35.5. The quantitative estimate of drug-likeness (QED) is 0.872. The zero-order valence-electron chi connectivity index (χ0n) is 10.7. The second-order valence-electron chi connectivity index (χ2n) is 4.44. The Morgan fingerprint density at radius 2 is 2.14 bits per heavy atom. The summed E-state index contributed by atoms with van der Waals surface area (Å²) in [7, 11) is 0. The van der Waals surface area contributed by atoms with E-state index in [1.807, 2.05) is 30.3 Å². The summed E-state index contributed by atoms with van der Waals surface area (Å²) in [5, 5.41) is 18.6. The van der Waals surface area contributed by atoms with Crippen molar-refractivity contribution in [3.05, 3.63) is 52.5 Å². The molecule has 0 unspecified atom stereocenters. The van der Waals surface area contributed by atoms with Gasteiger partial charge in [0.25, 0.3) is 5.91 Å². The summed E-state index contributed by atoms with van der Waals surface area (Å²) in [6.07, 6.45) is 0. The lowest BCUT2D eigenvalue weighted by Gasteiger charge is -2.17. The number of phenolic OH excluding ortho intramolecular Hbond substituents is 1. The molecule has 1 N–H and O–H groups in total. The number of halogens is 1. The summed E-state index contributed by atoms with van der Waals surface area (Å²) in [5.74, 6) is -0.0313. The molecule has 1 amide bonds. The monoisotopic (exact) mass is 316 g/mol. The number of rotatable bonds is 1. The van der Waals surface area contributed by atoms with Gasteiger partial charge in [-0.2, -0.15) is 5.26 Å². The van der Waals surface area contributed by atoms with Crippen molar-refractivity contribution in [2.24, 2.45) is 0 Å². The Morgan fingerprint density at radius 3 is 2.90 bits per heavy atom. The molecule has 2 aromatic carbocycles. The molecule has 0 spiro atoms. The highest BCUT2D eigenvalue weighted by Crippen LogP contribution is 2.39. The van der Waals surface area contributed by atoms with Gasteiger partial charge in [0.1, 0.15) is 6.07 Å². The number of fused-ring (bicyclic) bond motifs is 1. The van der Waals surface area contributed by atoms with Crippen LogP contribution in [0.15, 0.2) is 41.3 Å². The third-order valence-corrected chi connectivity index (χ3v) is 4.51. The van der Waals surface area contributed by atoms with Crippen molar-refractivity contribution >= 4 is 35.0 Å². The fraction of sp³-hybridized carbons (Fsp3) is 0.0667. The van der Waals surface area contributed by atoms with Gasteiger partial charge in [0, 0.05) is 10.5 Å². The van der Waals surface area contributed by atoms with E-state index in [0.717, 1.165) is 10.6 Å². The molecule has 6 heteroatoms. The zero-order chi connectivity index (χ0) is 15.0. The molecule has 104 valence electrons. The van der Waals surface area contributed by atoms with E-state index < -0.39 is 0 Å². The van der Waals surface area contributed by atoms with Crippen LogP contribution in [-0.2, 0) is 0 Å². The predicted octanol–water partition coefficient (Wildman–Crippen LogP) is 3.63. The molecule has 0 fully saturated rings. The molecule has 0 saturated heterocycles. The number of amides is 1. The first-order valence-corrected chi connectivity index (χ1v) is 7.44. The maximum atomic E-state index is 12.6. The lowest BCUT2D eigenvalue weighted by Crippen LogP contribution is -2.27. The van der Waals surface area contributed by atoms with Gasteiger partial charge in [0.2, 0.25) is 0 Å². The first kappa shape index (κ1) is 13.8. The summed E-state index contributed by atoms with van der Waals surface area (Å²) in [4.78, 5) is 15.3. The van der Waals surface area contributed by atoms with Crippen molar-refractivity contribution in [2.45, 2.75) is 4.90 Å². The maximum Gasteiger partial charge on any atom is 0.259 e. The number of aromatic hydroxyl groups is 1. The molecule has 0 radical (unpaired) electrons. The fourth-order valence-electron chi connectivity index (χ4n) is 2.14. The van der Waals surface area contributed by atoms with Crippen LogP contribution in [0.5, 0.6) is 5.75 Å². The molecule has 1 heterocycles. The SMILES string of the molecule is N#Cc1cc(C(=O)N2CSc3ccccc32)cc(Cl)c1O. The lowest BCUT2D eigenvalue weighted by molar-refractivity contribution is 0.0992. The highest BCUT2D eigenvalue weighted by molar-refractivity contribution is 8.00. The maximum absolute atomic E-state index is 12.6. The second-order valence-corrected chi connectivity index (χ2v) is 5.83. The van der Waals surface area contributed by atoms with Gasteiger partial charge in [-0.15, -0.1) is 11.8 Å². The number of nitrogens with zero attached hydrogens (tertiary/aromatic N) is 2. The minimum atomic E-state index is -0.299. The molecular formula is C15H9ClN2O2S. The van der Waals surface area contributed by atoms with Gasteiger partial charge >= 0.3 is 0 Å². The van der Waals surface area contributed by atoms with Crippen molar-refractivity contribution < 1.29 is 9.90 Å². The largest absolute Gasteiger partial charge is 0.505 e. The smallest absolute Gasteiger partial charge is 0.259 e. The number of phenols is 1. The van der Waals surface area contributed by atoms with Crippen molar-refractivity contribution in [1.82, 2.24) is 0 Å². The molecule has 0 saturated carbocycles. The standard InChI is InChI=1S/C15H9ClN2O2S/c16-11-6-9(5-10(7-17)14(11)19)15(20)18-8-21-13-4-2-1-3-12(13)18/h1-6,19H,8H2. The van der Waals surface area contributed by atoms with Gasteiger partial charge in [-0.25, -0.2) is 0 Å². The van der Waals surface area contributed by atoms with E-state index in [0.29, 0.717) is 5.88 Å². The molecule has 0 aromatic heterocycles. The van der Waals surface area contributed by atoms with Crippen LogP contribution in [0, 0.1) is 11.3 Å². The molecule has 0 aliphatic carbocycles. The first-order chi connectivity index (χ1) is 10.1. The summed E-state index contributed by atoms with van der Waals surface area (Å²) in [6, 6.07) is 12.2. The summed E-state index contributed by atoms with van der Waals surface area (Å²) >= 11 is 7.45. The Bertz CT molecular complexity index is 786. The van der Waals surface area contributed by atoms with Crippen molar-refractivity contribution in [1.29, 1.82) is 5.26 Å². The van der Waals surface area contributed by atoms with E-state index in [-0.39, 0.29) is 27.8 Å². The normalized spacial score (nSPS) is 12.9. The number of anilines is 1. The van der Waals surface area contributed by atoms with E-state index in [2.05, 4.69) is 0 Å². The van der Waals surface area contributed by atoms with E-state index in [1.54, 1.807) is 16.7 Å². The van der Waals surface area contributed by atoms with Gasteiger partial charge in [-0.3, -0.25) is 9.69 Å². The molecule has 0 atom stereocenters. The number of thioether (sulfide) groups is 1. The molecular weight excluding hydrogens is 308 g/mol. The van der Waals surface area contributed by atoms with Crippen molar-refractivity contribution in [2.75, 3.05) is 10.8 Å². The minimum Gasteiger partial charge on any atom is -0.505 e. The van der Waals surface area contributed by atoms with E-state index in [4.69, 9.17) is 16.9 Å². The number of nitriles is 1. The Hall–Kier alpha value is -2.16. The average Bonchev–Trinajstić information content (AvgIpc) is 2.93. The van der Waals surface area contributed by atoms with Crippen molar-refractivity contribution in [3.8, 4) is 11.8 Å². The van der Waals surface area contributed by atoms with Gasteiger partial charge in [0.15, 0.2) is 5.75 Å². The molecule has 3 rings (SSSR count). The van der Waals surface area contributed by atoms with Gasteiger partial charge in [-0.1, -0.05) is 23.7 Å². The number of benzene rings is 2. The number of carbonyl (C=O) groups is 1. The van der Waals surface area contributed by atoms with Crippen LogP contribution in [0.2, 0.25) is 5.02 Å². The topological polar surface area (TPSA) is 64.3 Å². The van der Waals surface area contributed by atoms with Crippen LogP contribution < -0.4 is 4.90 Å². The Balaban J connectivity index is 2.01. The molecule has 4 nitrogen and oxygen atoms in total. The van der Waals surface area contributed by atoms with E-state index in [1.165, 1.54) is 12.1 Å². The van der Waals surface area contributed by atoms with Crippen LogP contribution in [0.25, 0.3) is 0 Å². The minimum absolute atomic E-state index is 0.00228. The lowest BCUT2D eigenvalue weighted by atomic mass is 10.1. The van der Waals surface area contributed by atoms with Crippen LogP contribution >= 0.6 is 23.4 Å². The van der Waals surface area contributed by atoms with Gasteiger partial charge in [0.05, 0.1) is 22.2 Å². The first-order valence-electron chi connectivity index (χ1n) is 6.08. The van der Waals surface area contributed by atoms with Gasteiger partial charge < -0.3 is 5.11 Å². The fourth-order valence-corrected chi connectivity index (χ4v) is 3.38. The molecule has 1 aliphatic heterocycles. The molecule has 21 heavy (non-hydrogen) atoms. The summed E-state index contributed by atoms with van der Waals surface area (Å²) in [6.45, 7) is 0. The Kier molecular flexibility index (Phi) is 3.50. The second kappa shape index (κ2) is 5.32.